The number of aromatic nitrogens is 3. The van der Waals surface area contributed by atoms with Crippen molar-refractivity contribution in [2.24, 2.45) is 0 Å². The Kier molecular flexibility index (Phi) is 7.50. The number of fused-ring (bicyclic) bond motifs is 1. The summed E-state index contributed by atoms with van der Waals surface area (Å²) in [6, 6.07) is 15.3. The van der Waals surface area contributed by atoms with Gasteiger partial charge in [-0.3, -0.25) is 4.72 Å². The fourth-order valence-electron chi connectivity index (χ4n) is 5.30. The highest BCUT2D eigenvalue weighted by Crippen LogP contribution is 2.39. The Hall–Kier alpha value is -3.80. The van der Waals surface area contributed by atoms with Gasteiger partial charge in [0.05, 0.1) is 16.9 Å². The fraction of sp³-hybridized carbons (Fsp3) is 0.345. The van der Waals surface area contributed by atoms with Crippen molar-refractivity contribution in [1.29, 1.82) is 0 Å². The minimum absolute atomic E-state index is 0.282. The molecule has 3 N–H and O–H groups in total. The van der Waals surface area contributed by atoms with Crippen LogP contribution in [0.1, 0.15) is 31.2 Å². The largest absolute Gasteiger partial charge is 0.437 e. The zero-order valence-electron chi connectivity index (χ0n) is 22.4. The number of piperidine rings is 1. The fourth-order valence-corrected chi connectivity index (χ4v) is 6.62. The summed E-state index contributed by atoms with van der Waals surface area (Å²) < 4.78 is 36.8. The Balaban J connectivity index is 1.32. The number of ether oxygens (including phenoxy) is 1. The smallest absolute Gasteiger partial charge is 0.301 e. The molecule has 0 radical (unpaired) electrons. The maximum atomic E-state index is 13.0. The molecule has 10 nitrogen and oxygen atoms in total. The first kappa shape index (κ1) is 26.4. The highest BCUT2D eigenvalue weighted by atomic mass is 32.2. The Labute approximate surface area is 234 Å². The molecule has 11 heteroatoms. The molecular formula is C29H33N7O3S. The minimum atomic E-state index is -3.64. The number of anilines is 2. The summed E-state index contributed by atoms with van der Waals surface area (Å²) in [5.74, 6) is 1.59. The molecule has 2 saturated heterocycles. The molecule has 2 aliphatic heterocycles. The number of nitrogens with one attached hydrogen (secondary N) is 3. The summed E-state index contributed by atoms with van der Waals surface area (Å²) in [5, 5.41) is 8.37. The van der Waals surface area contributed by atoms with Gasteiger partial charge in [0.1, 0.15) is 5.75 Å². The third-order valence-electron chi connectivity index (χ3n) is 7.38. The summed E-state index contributed by atoms with van der Waals surface area (Å²) in [6.07, 6.45) is 7.36. The van der Waals surface area contributed by atoms with Crippen molar-refractivity contribution in [2.75, 3.05) is 36.2 Å². The van der Waals surface area contributed by atoms with Crippen molar-refractivity contribution in [3.63, 3.8) is 0 Å². The molecule has 1 unspecified atom stereocenters. The van der Waals surface area contributed by atoms with Gasteiger partial charge in [-0.05, 0) is 69.0 Å². The first-order valence-corrected chi connectivity index (χ1v) is 15.2. The van der Waals surface area contributed by atoms with Gasteiger partial charge >= 0.3 is 10.2 Å². The monoisotopic (exact) mass is 559 g/mol. The van der Waals surface area contributed by atoms with Crippen LogP contribution in [0.2, 0.25) is 0 Å². The second-order valence-electron chi connectivity index (χ2n) is 10.2. The zero-order valence-corrected chi connectivity index (χ0v) is 23.2. The van der Waals surface area contributed by atoms with Crippen LogP contribution < -0.4 is 20.1 Å². The second kappa shape index (κ2) is 11.4. The van der Waals surface area contributed by atoms with E-state index < -0.39 is 10.2 Å². The standard InChI is InChI=1S/C29H33N7O3S/c1-20-11-12-22-23(8-4-10-26(22)35-40(37,38)36-17-2-3-18-36)27(20)39-28-24(9-6-15-31-28)25-13-16-32-29(34-25)33-21-7-5-14-30-19-21/h4,6,8-13,15-16,21,30,35H,2-3,5,7,14,17-19H2,1H3,(H,32,33,34). The van der Waals surface area contributed by atoms with Crippen LogP contribution in [-0.4, -0.2) is 59.9 Å². The van der Waals surface area contributed by atoms with E-state index in [-0.39, 0.29) is 6.04 Å². The number of rotatable bonds is 8. The van der Waals surface area contributed by atoms with E-state index in [1.807, 2.05) is 49.4 Å². The summed E-state index contributed by atoms with van der Waals surface area (Å²) in [7, 11) is -3.64. The van der Waals surface area contributed by atoms with E-state index in [9.17, 15) is 8.42 Å². The molecule has 2 aromatic carbocycles. The minimum Gasteiger partial charge on any atom is -0.437 e. The van der Waals surface area contributed by atoms with E-state index in [1.165, 1.54) is 4.31 Å². The molecule has 1 atom stereocenters. The van der Waals surface area contributed by atoms with Crippen molar-refractivity contribution in [3.8, 4) is 22.9 Å². The number of benzene rings is 2. The molecule has 208 valence electrons. The summed E-state index contributed by atoms with van der Waals surface area (Å²) in [4.78, 5) is 13.7. The van der Waals surface area contributed by atoms with Crippen molar-refractivity contribution in [3.05, 3.63) is 66.5 Å². The Morgan fingerprint density at radius 1 is 0.975 bits per heavy atom. The van der Waals surface area contributed by atoms with Gasteiger partial charge in [0.2, 0.25) is 11.8 Å². The van der Waals surface area contributed by atoms with E-state index in [2.05, 4.69) is 25.3 Å². The average molecular weight is 560 g/mol. The van der Waals surface area contributed by atoms with Gasteiger partial charge in [-0.25, -0.2) is 15.0 Å². The molecule has 0 aliphatic carbocycles. The topological polar surface area (TPSA) is 121 Å². The predicted molar refractivity (Wildman–Crippen MR) is 157 cm³/mol. The molecule has 4 aromatic rings. The molecule has 0 spiro atoms. The summed E-state index contributed by atoms with van der Waals surface area (Å²) >= 11 is 0. The van der Waals surface area contributed by atoms with Gasteiger partial charge in [0.25, 0.3) is 0 Å². The lowest BCUT2D eigenvalue weighted by Crippen LogP contribution is -2.38. The van der Waals surface area contributed by atoms with E-state index in [0.717, 1.165) is 60.7 Å². The highest BCUT2D eigenvalue weighted by Gasteiger charge is 2.26. The quantitative estimate of drug-likeness (QED) is 0.284. The maximum absolute atomic E-state index is 13.0. The predicted octanol–water partition coefficient (Wildman–Crippen LogP) is 4.71. The number of aryl methyl sites for hydroxylation is 1. The van der Waals surface area contributed by atoms with E-state index in [4.69, 9.17) is 9.72 Å². The number of nitrogens with zero attached hydrogens (tertiary/aromatic N) is 4. The number of pyridine rings is 1. The lowest BCUT2D eigenvalue weighted by atomic mass is 10.0. The molecule has 0 saturated carbocycles. The van der Waals surface area contributed by atoms with Gasteiger partial charge in [0.15, 0.2) is 0 Å². The van der Waals surface area contributed by atoms with Crippen LogP contribution in [0, 0.1) is 6.92 Å². The van der Waals surface area contributed by atoms with Gasteiger partial charge in [-0.15, -0.1) is 0 Å². The summed E-state index contributed by atoms with van der Waals surface area (Å²) in [5.41, 5.74) is 2.84. The number of hydrogen-bond acceptors (Lipinski definition) is 8. The van der Waals surface area contributed by atoms with E-state index >= 15 is 0 Å². The Morgan fingerprint density at radius 3 is 2.67 bits per heavy atom. The van der Waals surface area contributed by atoms with Gasteiger partial charge in [-0.2, -0.15) is 12.7 Å². The molecule has 2 fully saturated rings. The van der Waals surface area contributed by atoms with Crippen LogP contribution in [0.4, 0.5) is 11.6 Å². The summed E-state index contributed by atoms with van der Waals surface area (Å²) in [6.45, 7) is 4.95. The zero-order chi connectivity index (χ0) is 27.5. The van der Waals surface area contributed by atoms with Crippen LogP contribution in [0.5, 0.6) is 11.6 Å². The lowest BCUT2D eigenvalue weighted by Gasteiger charge is -2.23. The van der Waals surface area contributed by atoms with Crippen molar-refractivity contribution < 1.29 is 13.2 Å². The molecule has 6 rings (SSSR count). The van der Waals surface area contributed by atoms with Crippen LogP contribution in [0.25, 0.3) is 22.0 Å². The Morgan fingerprint density at radius 2 is 1.85 bits per heavy atom. The average Bonchev–Trinajstić information content (AvgIpc) is 3.52. The van der Waals surface area contributed by atoms with Crippen molar-refractivity contribution in [1.82, 2.24) is 24.6 Å². The van der Waals surface area contributed by atoms with Gasteiger partial charge in [0, 0.05) is 48.8 Å². The van der Waals surface area contributed by atoms with Crippen LogP contribution in [0.3, 0.4) is 0 Å². The lowest BCUT2D eigenvalue weighted by molar-refractivity contribution is 0.466. The third-order valence-corrected chi connectivity index (χ3v) is 8.91. The molecule has 2 aliphatic rings. The second-order valence-corrected chi connectivity index (χ2v) is 11.9. The van der Waals surface area contributed by atoms with Crippen LogP contribution in [-0.2, 0) is 10.2 Å². The van der Waals surface area contributed by atoms with Gasteiger partial charge < -0.3 is 15.4 Å². The first-order valence-electron chi connectivity index (χ1n) is 13.7. The van der Waals surface area contributed by atoms with Crippen molar-refractivity contribution in [2.45, 2.75) is 38.6 Å². The van der Waals surface area contributed by atoms with Crippen LogP contribution in [0.15, 0.2) is 60.9 Å². The molecule has 0 amide bonds. The molecule has 40 heavy (non-hydrogen) atoms. The third kappa shape index (κ3) is 5.58. The van der Waals surface area contributed by atoms with Crippen LogP contribution >= 0.6 is 0 Å². The van der Waals surface area contributed by atoms with Gasteiger partial charge in [-0.1, -0.05) is 24.3 Å². The number of hydrogen-bond donors (Lipinski definition) is 3. The SMILES string of the molecule is Cc1ccc2c(NS(=O)(=O)N3CCCC3)cccc2c1Oc1ncccc1-c1ccnc(NC2CCCNC2)n1. The first-order chi connectivity index (χ1) is 19.5. The highest BCUT2D eigenvalue weighted by molar-refractivity contribution is 7.90. The van der Waals surface area contributed by atoms with Crippen molar-refractivity contribution >= 4 is 32.6 Å². The van der Waals surface area contributed by atoms with E-state index in [0.29, 0.717) is 42.0 Å². The maximum Gasteiger partial charge on any atom is 0.301 e. The normalized spacial score (nSPS) is 18.1. The molecule has 2 aromatic heterocycles. The molecule has 4 heterocycles. The molecular weight excluding hydrogens is 526 g/mol. The van der Waals surface area contributed by atoms with E-state index in [1.54, 1.807) is 18.5 Å². The molecule has 0 bridgehead atoms. The Bertz CT molecular complexity index is 1620.